The molecule has 17 heavy (non-hydrogen) atoms. The molecule has 0 N–H and O–H groups in total. The van der Waals surface area contributed by atoms with Crippen molar-refractivity contribution >= 4 is 0 Å². The van der Waals surface area contributed by atoms with Gasteiger partial charge in [0.2, 0.25) is 6.29 Å². The minimum absolute atomic E-state index is 0.451. The first-order chi connectivity index (χ1) is 8.36. The molecule has 0 aromatic heterocycles. The third-order valence-corrected chi connectivity index (χ3v) is 2.57. The van der Waals surface area contributed by atoms with Gasteiger partial charge in [0.1, 0.15) is 0 Å². The van der Waals surface area contributed by atoms with E-state index in [9.17, 15) is 5.11 Å². The van der Waals surface area contributed by atoms with E-state index in [1.54, 1.807) is 12.1 Å². The maximum absolute atomic E-state index is 11.7. The molecule has 2 nitrogen and oxygen atoms in total. The molecule has 1 radical (unpaired) electrons. The molecule has 87 valence electrons. The van der Waals surface area contributed by atoms with E-state index in [-0.39, 0.29) is 0 Å². The van der Waals surface area contributed by atoms with E-state index in [2.05, 4.69) is 0 Å². The normalized spacial score (nSPS) is 12.3. The minimum atomic E-state index is -1.08. The van der Waals surface area contributed by atoms with Gasteiger partial charge in [0, 0.05) is 5.56 Å². The Morgan fingerprint density at radius 1 is 0.882 bits per heavy atom. The number of hydrogen-bond donors (Lipinski definition) is 0. The fraction of sp³-hybridized carbons (Fsp3) is 0.200. The predicted molar refractivity (Wildman–Crippen MR) is 66.0 cm³/mol. The molecule has 2 heteroatoms. The molecule has 2 aromatic rings. The van der Waals surface area contributed by atoms with Crippen molar-refractivity contribution in [3.63, 3.8) is 0 Å². The topological polar surface area (TPSA) is 29.1 Å². The fourth-order valence-corrected chi connectivity index (χ4v) is 1.63. The second-order valence-electron chi connectivity index (χ2n) is 3.85. The van der Waals surface area contributed by atoms with Crippen molar-refractivity contribution in [3.8, 4) is 0 Å². The van der Waals surface area contributed by atoms with E-state index in [1.165, 1.54) is 5.56 Å². The maximum atomic E-state index is 11.7. The first-order valence-electron chi connectivity index (χ1n) is 5.72. The molecule has 1 unspecified atom stereocenters. The Balaban J connectivity index is 1.79. The Morgan fingerprint density at radius 3 is 2.12 bits per heavy atom. The first-order valence-corrected chi connectivity index (χ1v) is 5.72. The third-order valence-electron chi connectivity index (χ3n) is 2.57. The molecule has 0 saturated heterocycles. The summed E-state index contributed by atoms with van der Waals surface area (Å²) in [6.07, 6.45) is -0.313. The highest BCUT2D eigenvalue weighted by molar-refractivity contribution is 5.16. The molecule has 0 aliphatic rings. The van der Waals surface area contributed by atoms with Gasteiger partial charge in [0.15, 0.2) is 0 Å². The quantitative estimate of drug-likeness (QED) is 0.720. The Hall–Kier alpha value is -1.64. The van der Waals surface area contributed by atoms with Gasteiger partial charge in [-0.25, -0.2) is 0 Å². The molecule has 1 atom stereocenters. The lowest BCUT2D eigenvalue weighted by atomic mass is 10.2. The molecule has 0 amide bonds. The van der Waals surface area contributed by atoms with E-state index < -0.39 is 6.29 Å². The number of benzene rings is 2. The molecule has 0 bridgehead atoms. The van der Waals surface area contributed by atoms with Crippen LogP contribution in [0, 0.1) is 0 Å². The smallest absolute Gasteiger partial charge is 0.217 e. The van der Waals surface area contributed by atoms with Gasteiger partial charge in [-0.15, -0.1) is 0 Å². The fourth-order valence-electron chi connectivity index (χ4n) is 1.63. The standard InChI is InChI=1S/C15H15O2/c16-15(14-9-5-2-6-10-14)17-12-11-13-7-3-1-4-8-13/h1-10,15H,11-12H2. The van der Waals surface area contributed by atoms with Crippen LogP contribution in [0.5, 0.6) is 0 Å². The summed E-state index contributed by atoms with van der Waals surface area (Å²) in [6, 6.07) is 19.2. The van der Waals surface area contributed by atoms with Crippen LogP contribution in [0.4, 0.5) is 0 Å². The van der Waals surface area contributed by atoms with Gasteiger partial charge in [-0.2, -0.15) is 5.11 Å². The van der Waals surface area contributed by atoms with Crippen LogP contribution in [0.1, 0.15) is 17.4 Å². The zero-order valence-corrected chi connectivity index (χ0v) is 9.58. The van der Waals surface area contributed by atoms with Crippen LogP contribution in [0.15, 0.2) is 60.7 Å². The Bertz CT molecular complexity index is 425. The van der Waals surface area contributed by atoms with Crippen molar-refractivity contribution < 1.29 is 9.84 Å². The van der Waals surface area contributed by atoms with Crippen molar-refractivity contribution in [2.45, 2.75) is 12.7 Å². The van der Waals surface area contributed by atoms with Gasteiger partial charge in [-0.05, 0) is 12.0 Å². The maximum Gasteiger partial charge on any atom is 0.217 e. The van der Waals surface area contributed by atoms with Crippen molar-refractivity contribution in [3.05, 3.63) is 71.8 Å². The molecule has 0 saturated carbocycles. The largest absolute Gasteiger partial charge is 0.346 e. The Morgan fingerprint density at radius 2 is 1.47 bits per heavy atom. The van der Waals surface area contributed by atoms with Crippen molar-refractivity contribution in [1.82, 2.24) is 0 Å². The number of rotatable bonds is 5. The molecule has 0 spiro atoms. The molecular formula is C15H15O2. The lowest BCUT2D eigenvalue weighted by Crippen LogP contribution is -2.05. The third kappa shape index (κ3) is 3.70. The van der Waals surface area contributed by atoms with Crippen LogP contribution in [0.3, 0.4) is 0 Å². The van der Waals surface area contributed by atoms with Gasteiger partial charge < -0.3 is 4.74 Å². The highest BCUT2D eigenvalue weighted by atomic mass is 16.6. The molecule has 2 aromatic carbocycles. The molecule has 0 aliphatic carbocycles. The summed E-state index contributed by atoms with van der Waals surface area (Å²) in [6.45, 7) is 0.451. The Kier molecular flexibility index (Phi) is 4.30. The molecular weight excluding hydrogens is 212 g/mol. The van der Waals surface area contributed by atoms with E-state index in [0.717, 1.165) is 6.42 Å². The summed E-state index contributed by atoms with van der Waals surface area (Å²) in [7, 11) is 0. The summed E-state index contributed by atoms with van der Waals surface area (Å²) < 4.78 is 5.28. The van der Waals surface area contributed by atoms with Crippen molar-refractivity contribution in [2.75, 3.05) is 6.61 Å². The average molecular weight is 227 g/mol. The summed E-state index contributed by atoms with van der Waals surface area (Å²) >= 11 is 0. The van der Waals surface area contributed by atoms with E-state index in [4.69, 9.17) is 4.74 Å². The van der Waals surface area contributed by atoms with Crippen molar-refractivity contribution in [1.29, 1.82) is 0 Å². The highest BCUT2D eigenvalue weighted by Gasteiger charge is 2.08. The summed E-state index contributed by atoms with van der Waals surface area (Å²) in [5.41, 5.74) is 1.87. The van der Waals surface area contributed by atoms with Crippen LogP contribution in [0.2, 0.25) is 0 Å². The zero-order chi connectivity index (χ0) is 11.9. The monoisotopic (exact) mass is 227 g/mol. The number of hydrogen-bond acceptors (Lipinski definition) is 1. The second kappa shape index (κ2) is 6.18. The SMILES string of the molecule is [O]C(OCCc1ccccc1)c1ccccc1. The lowest BCUT2D eigenvalue weighted by molar-refractivity contribution is -0.143. The van der Waals surface area contributed by atoms with Crippen LogP contribution >= 0.6 is 0 Å². The molecule has 2 rings (SSSR count). The highest BCUT2D eigenvalue weighted by Crippen LogP contribution is 2.14. The van der Waals surface area contributed by atoms with E-state index in [0.29, 0.717) is 12.2 Å². The van der Waals surface area contributed by atoms with Gasteiger partial charge in [-0.3, -0.25) is 0 Å². The second-order valence-corrected chi connectivity index (χ2v) is 3.85. The van der Waals surface area contributed by atoms with Gasteiger partial charge in [-0.1, -0.05) is 60.7 Å². The molecule has 0 aliphatic heterocycles. The zero-order valence-electron chi connectivity index (χ0n) is 9.58. The molecule has 0 heterocycles. The number of ether oxygens (including phenoxy) is 1. The lowest BCUT2D eigenvalue weighted by Gasteiger charge is -2.10. The van der Waals surface area contributed by atoms with Gasteiger partial charge >= 0.3 is 0 Å². The first kappa shape index (κ1) is 11.8. The minimum Gasteiger partial charge on any atom is -0.346 e. The Labute approximate surface area is 101 Å². The van der Waals surface area contributed by atoms with Crippen molar-refractivity contribution in [2.24, 2.45) is 0 Å². The van der Waals surface area contributed by atoms with Gasteiger partial charge in [0.05, 0.1) is 6.61 Å². The van der Waals surface area contributed by atoms with Crippen LogP contribution in [0.25, 0.3) is 0 Å². The predicted octanol–water partition coefficient (Wildman–Crippen LogP) is 3.38. The van der Waals surface area contributed by atoms with E-state index >= 15 is 0 Å². The van der Waals surface area contributed by atoms with Crippen LogP contribution in [-0.2, 0) is 16.3 Å². The summed E-state index contributed by atoms with van der Waals surface area (Å²) in [4.78, 5) is 0. The van der Waals surface area contributed by atoms with Crippen LogP contribution < -0.4 is 0 Å². The molecule has 0 fully saturated rings. The summed E-state index contributed by atoms with van der Waals surface area (Å²) in [5, 5.41) is 11.7. The summed E-state index contributed by atoms with van der Waals surface area (Å²) in [5.74, 6) is 0. The van der Waals surface area contributed by atoms with E-state index in [1.807, 2.05) is 48.5 Å². The van der Waals surface area contributed by atoms with Crippen LogP contribution in [-0.4, -0.2) is 6.61 Å². The van der Waals surface area contributed by atoms with Gasteiger partial charge in [0.25, 0.3) is 0 Å². The average Bonchev–Trinajstić information content (AvgIpc) is 2.41.